The summed E-state index contributed by atoms with van der Waals surface area (Å²) in [5, 5.41) is 15.0. The molecule has 0 atom stereocenters. The van der Waals surface area contributed by atoms with Crippen LogP contribution in [-0.2, 0) is 5.54 Å². The van der Waals surface area contributed by atoms with E-state index < -0.39 is 5.91 Å². The number of carbonyl (C=O) groups excluding carboxylic acids is 1. The molecule has 0 radical (unpaired) electrons. The van der Waals surface area contributed by atoms with Crippen LogP contribution in [0.4, 0.5) is 11.5 Å². The molecule has 122 valence electrons. The molecule has 0 bridgehead atoms. The van der Waals surface area contributed by atoms with Crippen molar-refractivity contribution in [1.29, 1.82) is 5.41 Å². The Balaban J connectivity index is 2.73. The monoisotopic (exact) mass is 314 g/mol. The van der Waals surface area contributed by atoms with Gasteiger partial charge in [0.05, 0.1) is 5.54 Å². The van der Waals surface area contributed by atoms with Crippen LogP contribution in [0.1, 0.15) is 36.7 Å². The number of hydrogen-bond acceptors (Lipinski definition) is 5. The molecule has 0 unspecified atom stereocenters. The van der Waals surface area contributed by atoms with Gasteiger partial charge in [-0.3, -0.25) is 4.79 Å². The molecular weight excluding hydrogens is 292 g/mol. The van der Waals surface area contributed by atoms with E-state index in [9.17, 15) is 4.79 Å². The average molecular weight is 314 g/mol. The SMILES string of the molecule is CNc1ccc(-c2nn(C(C)(C)C)c(N)c2C(N)=O)cc1C=N. The Bertz CT molecular complexity index is 770. The quantitative estimate of drug-likeness (QED) is 0.645. The van der Waals surface area contributed by atoms with Gasteiger partial charge in [0, 0.05) is 30.1 Å². The summed E-state index contributed by atoms with van der Waals surface area (Å²) in [6, 6.07) is 5.42. The smallest absolute Gasteiger partial charge is 0.254 e. The third-order valence-electron chi connectivity index (χ3n) is 3.55. The van der Waals surface area contributed by atoms with Crippen molar-refractivity contribution in [2.24, 2.45) is 5.73 Å². The van der Waals surface area contributed by atoms with Gasteiger partial charge in [-0.1, -0.05) is 6.07 Å². The van der Waals surface area contributed by atoms with Crippen LogP contribution in [0.3, 0.4) is 0 Å². The number of nitrogens with two attached hydrogens (primary N) is 2. The van der Waals surface area contributed by atoms with Crippen molar-refractivity contribution in [2.75, 3.05) is 18.1 Å². The molecule has 0 aliphatic carbocycles. The lowest BCUT2D eigenvalue weighted by Gasteiger charge is -2.20. The topological polar surface area (TPSA) is 123 Å². The number of nitrogen functional groups attached to an aromatic ring is 1. The molecule has 0 saturated carbocycles. The van der Waals surface area contributed by atoms with E-state index in [0.29, 0.717) is 16.8 Å². The first-order valence-corrected chi connectivity index (χ1v) is 7.22. The molecule has 7 heteroatoms. The molecule has 0 saturated heterocycles. The zero-order valence-electron chi connectivity index (χ0n) is 13.8. The molecule has 23 heavy (non-hydrogen) atoms. The number of carbonyl (C=O) groups is 1. The fourth-order valence-electron chi connectivity index (χ4n) is 2.44. The largest absolute Gasteiger partial charge is 0.388 e. The lowest BCUT2D eigenvalue weighted by atomic mass is 10.0. The van der Waals surface area contributed by atoms with Crippen LogP contribution < -0.4 is 16.8 Å². The van der Waals surface area contributed by atoms with Crippen LogP contribution in [-0.4, -0.2) is 28.9 Å². The summed E-state index contributed by atoms with van der Waals surface area (Å²) in [7, 11) is 1.78. The van der Waals surface area contributed by atoms with Crippen molar-refractivity contribution < 1.29 is 4.79 Å². The number of hydrogen-bond donors (Lipinski definition) is 4. The van der Waals surface area contributed by atoms with Gasteiger partial charge in [-0.25, -0.2) is 4.68 Å². The van der Waals surface area contributed by atoms with E-state index in [-0.39, 0.29) is 16.9 Å². The van der Waals surface area contributed by atoms with Gasteiger partial charge in [-0.05, 0) is 32.9 Å². The van der Waals surface area contributed by atoms with E-state index in [1.807, 2.05) is 32.9 Å². The molecule has 1 aromatic heterocycles. The third-order valence-corrected chi connectivity index (χ3v) is 3.55. The number of nitrogens with zero attached hydrogens (tertiary/aromatic N) is 2. The molecule has 2 rings (SSSR count). The molecule has 1 heterocycles. The maximum atomic E-state index is 11.9. The predicted octanol–water partition coefficient (Wildman–Crippen LogP) is 2.03. The maximum Gasteiger partial charge on any atom is 0.254 e. The molecule has 0 aliphatic heterocycles. The number of anilines is 2. The van der Waals surface area contributed by atoms with Gasteiger partial charge in [0.25, 0.3) is 5.91 Å². The molecule has 0 spiro atoms. The Labute approximate surface area is 135 Å². The Hall–Kier alpha value is -2.83. The lowest BCUT2D eigenvalue weighted by Crippen LogP contribution is -2.25. The molecule has 7 nitrogen and oxygen atoms in total. The van der Waals surface area contributed by atoms with Crippen molar-refractivity contribution in [3.05, 3.63) is 29.3 Å². The first kappa shape index (κ1) is 16.5. The predicted molar refractivity (Wildman–Crippen MR) is 93.0 cm³/mol. The zero-order chi connectivity index (χ0) is 17.4. The lowest BCUT2D eigenvalue weighted by molar-refractivity contribution is 0.100. The Morgan fingerprint density at radius 2 is 2.04 bits per heavy atom. The Morgan fingerprint density at radius 3 is 2.52 bits per heavy atom. The average Bonchev–Trinajstić information content (AvgIpc) is 2.84. The van der Waals surface area contributed by atoms with Gasteiger partial charge in [0.1, 0.15) is 17.1 Å². The van der Waals surface area contributed by atoms with Gasteiger partial charge >= 0.3 is 0 Å². The summed E-state index contributed by atoms with van der Waals surface area (Å²) in [6.45, 7) is 5.83. The second-order valence-corrected chi connectivity index (χ2v) is 6.25. The summed E-state index contributed by atoms with van der Waals surface area (Å²) < 4.78 is 1.60. The van der Waals surface area contributed by atoms with E-state index in [0.717, 1.165) is 5.69 Å². The standard InChI is InChI=1S/C16H22N6O/c1-16(2,3)22-14(18)12(15(19)23)13(21-22)9-5-6-11(20-4)10(7-9)8-17/h5-8,17,20H,18H2,1-4H3,(H2,19,23). The molecule has 1 amide bonds. The van der Waals surface area contributed by atoms with Crippen molar-refractivity contribution in [1.82, 2.24) is 9.78 Å². The number of benzene rings is 1. The van der Waals surface area contributed by atoms with Crippen LogP contribution in [0.2, 0.25) is 0 Å². The number of rotatable bonds is 4. The third kappa shape index (κ3) is 2.90. The first-order valence-electron chi connectivity index (χ1n) is 7.22. The first-order chi connectivity index (χ1) is 10.7. The molecule has 6 N–H and O–H groups in total. The van der Waals surface area contributed by atoms with Crippen LogP contribution in [0.5, 0.6) is 0 Å². The molecular formula is C16H22N6O. The summed E-state index contributed by atoms with van der Waals surface area (Å²) in [5.74, 6) is -0.379. The minimum atomic E-state index is -0.623. The fraction of sp³-hybridized carbons (Fsp3) is 0.312. The van der Waals surface area contributed by atoms with Gasteiger partial charge in [-0.15, -0.1) is 0 Å². The minimum absolute atomic E-state index is 0.202. The van der Waals surface area contributed by atoms with E-state index in [2.05, 4.69) is 10.4 Å². The highest BCUT2D eigenvalue weighted by molar-refractivity contribution is 6.03. The van der Waals surface area contributed by atoms with Crippen molar-refractivity contribution >= 4 is 23.6 Å². The summed E-state index contributed by atoms with van der Waals surface area (Å²) in [5.41, 5.74) is 14.0. The summed E-state index contributed by atoms with van der Waals surface area (Å²) in [4.78, 5) is 11.9. The fourth-order valence-corrected chi connectivity index (χ4v) is 2.44. The highest BCUT2D eigenvalue weighted by Gasteiger charge is 2.27. The zero-order valence-corrected chi connectivity index (χ0v) is 13.8. The Morgan fingerprint density at radius 1 is 1.39 bits per heavy atom. The second-order valence-electron chi connectivity index (χ2n) is 6.25. The molecule has 1 aromatic carbocycles. The van der Waals surface area contributed by atoms with Crippen molar-refractivity contribution in [3.63, 3.8) is 0 Å². The number of aromatic nitrogens is 2. The maximum absolute atomic E-state index is 11.9. The van der Waals surface area contributed by atoms with Crippen LogP contribution in [0.15, 0.2) is 18.2 Å². The number of nitrogens with one attached hydrogen (secondary N) is 2. The van der Waals surface area contributed by atoms with Crippen molar-refractivity contribution in [2.45, 2.75) is 26.3 Å². The van der Waals surface area contributed by atoms with Gasteiger partial charge in [0.15, 0.2) is 0 Å². The van der Waals surface area contributed by atoms with Crippen LogP contribution in [0, 0.1) is 5.41 Å². The molecule has 0 fully saturated rings. The van der Waals surface area contributed by atoms with Crippen LogP contribution >= 0.6 is 0 Å². The number of primary amides is 1. The van der Waals surface area contributed by atoms with E-state index in [4.69, 9.17) is 16.9 Å². The summed E-state index contributed by atoms with van der Waals surface area (Å²) >= 11 is 0. The van der Waals surface area contributed by atoms with E-state index >= 15 is 0 Å². The summed E-state index contributed by atoms with van der Waals surface area (Å²) in [6.07, 6.45) is 1.24. The molecule has 2 aromatic rings. The number of amides is 1. The normalized spacial score (nSPS) is 11.3. The van der Waals surface area contributed by atoms with Crippen molar-refractivity contribution in [3.8, 4) is 11.3 Å². The highest BCUT2D eigenvalue weighted by Crippen LogP contribution is 2.32. The second kappa shape index (κ2) is 5.75. The minimum Gasteiger partial charge on any atom is -0.388 e. The van der Waals surface area contributed by atoms with E-state index in [1.165, 1.54) is 6.21 Å². The van der Waals surface area contributed by atoms with E-state index in [1.54, 1.807) is 17.8 Å². The Kier molecular flexibility index (Phi) is 4.14. The van der Waals surface area contributed by atoms with Gasteiger partial charge in [-0.2, -0.15) is 5.10 Å². The highest BCUT2D eigenvalue weighted by atomic mass is 16.1. The van der Waals surface area contributed by atoms with Gasteiger partial charge in [0.2, 0.25) is 0 Å². The van der Waals surface area contributed by atoms with Gasteiger partial charge < -0.3 is 22.2 Å². The molecule has 0 aliphatic rings. The van der Waals surface area contributed by atoms with Crippen LogP contribution in [0.25, 0.3) is 11.3 Å².